The maximum Gasteiger partial charge on any atom is 0.259 e. The van der Waals surface area contributed by atoms with E-state index >= 15 is 0 Å². The van der Waals surface area contributed by atoms with E-state index in [1.165, 1.54) is 44.6 Å². The summed E-state index contributed by atoms with van der Waals surface area (Å²) in [5, 5.41) is 8.15. The molecule has 0 saturated carbocycles. The Morgan fingerprint density at radius 2 is 1.81 bits per heavy atom. The highest BCUT2D eigenvalue weighted by atomic mass is 19.1. The number of methoxy groups -OCH3 is 1. The summed E-state index contributed by atoms with van der Waals surface area (Å²) in [6, 6.07) is 7.22. The van der Waals surface area contributed by atoms with Gasteiger partial charge in [-0.05, 0) is 26.0 Å². The molecule has 0 radical (unpaired) electrons. The van der Waals surface area contributed by atoms with Crippen LogP contribution in [0, 0.1) is 19.7 Å². The lowest BCUT2D eigenvalue weighted by Crippen LogP contribution is -2.22. The number of hydrogen-bond acceptors (Lipinski definition) is 7. The lowest BCUT2D eigenvalue weighted by Gasteiger charge is -2.14. The zero-order valence-corrected chi connectivity index (χ0v) is 17.4. The van der Waals surface area contributed by atoms with Crippen LogP contribution < -0.4 is 20.7 Å². The van der Waals surface area contributed by atoms with Crippen molar-refractivity contribution in [3.05, 3.63) is 65.0 Å². The van der Waals surface area contributed by atoms with Crippen LogP contribution in [0.1, 0.15) is 32.2 Å². The molecule has 0 aliphatic rings. The number of ether oxygens (including phenoxy) is 1. The second-order valence-corrected chi connectivity index (χ2v) is 6.54. The van der Waals surface area contributed by atoms with E-state index in [9.17, 15) is 14.0 Å². The number of pyridine rings is 1. The molecule has 1 aromatic carbocycles. The average Bonchev–Trinajstić information content (AvgIpc) is 2.72. The van der Waals surface area contributed by atoms with Gasteiger partial charge in [0.1, 0.15) is 17.5 Å². The van der Waals surface area contributed by atoms with Crippen molar-refractivity contribution in [1.29, 1.82) is 0 Å². The molecule has 0 aliphatic carbocycles. The fourth-order valence-electron chi connectivity index (χ4n) is 2.94. The van der Waals surface area contributed by atoms with Gasteiger partial charge in [0.15, 0.2) is 11.6 Å². The number of carbonyl (C=O) groups excluding carboxylic acids is 2. The van der Waals surface area contributed by atoms with Crippen LogP contribution in [0.5, 0.6) is 5.75 Å². The van der Waals surface area contributed by atoms with E-state index in [2.05, 4.69) is 30.9 Å². The van der Waals surface area contributed by atoms with Crippen LogP contribution in [0.4, 0.5) is 21.7 Å². The topological polar surface area (TPSA) is 118 Å². The van der Waals surface area contributed by atoms with Crippen molar-refractivity contribution in [3.63, 3.8) is 0 Å². The Morgan fingerprint density at radius 1 is 1.03 bits per heavy atom. The number of rotatable bonds is 6. The number of carbonyl (C=O) groups is 2. The largest absolute Gasteiger partial charge is 0.493 e. The predicted molar refractivity (Wildman–Crippen MR) is 113 cm³/mol. The van der Waals surface area contributed by atoms with Crippen molar-refractivity contribution in [2.45, 2.75) is 13.8 Å². The second kappa shape index (κ2) is 9.16. The van der Waals surface area contributed by atoms with Crippen molar-refractivity contribution in [3.8, 4) is 5.75 Å². The average molecular weight is 424 g/mol. The number of nitrogens with one attached hydrogen (secondary N) is 3. The molecule has 2 aromatic heterocycles. The number of halogens is 1. The molecule has 2 amide bonds. The van der Waals surface area contributed by atoms with E-state index in [0.717, 1.165) is 5.69 Å². The minimum atomic E-state index is -0.673. The van der Waals surface area contributed by atoms with Crippen molar-refractivity contribution in [1.82, 2.24) is 20.3 Å². The summed E-state index contributed by atoms with van der Waals surface area (Å²) in [6.45, 7) is 3.60. The fraction of sp³-hybridized carbons (Fsp3) is 0.190. The molecule has 0 unspecified atom stereocenters. The Labute approximate surface area is 178 Å². The summed E-state index contributed by atoms with van der Waals surface area (Å²) in [5.74, 6) is -0.534. The number of amides is 2. The minimum absolute atomic E-state index is 0.0151. The highest BCUT2D eigenvalue weighted by Crippen LogP contribution is 2.26. The highest BCUT2D eigenvalue weighted by molar-refractivity contribution is 6.10. The number of nitrogens with zero attached hydrogens (tertiary/aromatic N) is 3. The molecule has 3 aromatic rings. The lowest BCUT2D eigenvalue weighted by atomic mass is 10.1. The first-order valence-corrected chi connectivity index (χ1v) is 9.27. The van der Waals surface area contributed by atoms with E-state index in [-0.39, 0.29) is 22.6 Å². The third kappa shape index (κ3) is 4.92. The van der Waals surface area contributed by atoms with Crippen LogP contribution >= 0.6 is 0 Å². The summed E-state index contributed by atoms with van der Waals surface area (Å²) in [6.07, 6.45) is 1.32. The molecule has 0 spiro atoms. The van der Waals surface area contributed by atoms with Crippen LogP contribution in [0.25, 0.3) is 0 Å². The summed E-state index contributed by atoms with van der Waals surface area (Å²) < 4.78 is 19.0. The first-order valence-electron chi connectivity index (χ1n) is 9.27. The molecule has 10 heteroatoms. The quantitative estimate of drug-likeness (QED) is 0.557. The van der Waals surface area contributed by atoms with Crippen LogP contribution in [0.15, 0.2) is 36.5 Å². The maximum atomic E-state index is 14.0. The zero-order valence-electron chi connectivity index (χ0n) is 17.4. The number of aryl methyl sites for hydroxylation is 2. The molecule has 31 heavy (non-hydrogen) atoms. The van der Waals surface area contributed by atoms with E-state index in [4.69, 9.17) is 4.74 Å². The molecule has 0 saturated heterocycles. The third-order valence-corrected chi connectivity index (χ3v) is 4.26. The van der Waals surface area contributed by atoms with Gasteiger partial charge in [-0.2, -0.15) is 0 Å². The monoisotopic (exact) mass is 424 g/mol. The second-order valence-electron chi connectivity index (χ2n) is 6.54. The first-order chi connectivity index (χ1) is 14.8. The van der Waals surface area contributed by atoms with Crippen LogP contribution in [0.2, 0.25) is 0 Å². The van der Waals surface area contributed by atoms with Gasteiger partial charge in [-0.15, -0.1) is 0 Å². The van der Waals surface area contributed by atoms with E-state index in [1.54, 1.807) is 13.0 Å². The molecule has 0 fully saturated rings. The summed E-state index contributed by atoms with van der Waals surface area (Å²) in [5.41, 5.74) is 1.06. The van der Waals surface area contributed by atoms with Gasteiger partial charge in [0, 0.05) is 31.1 Å². The molecular weight excluding hydrogens is 403 g/mol. The highest BCUT2D eigenvalue weighted by Gasteiger charge is 2.19. The van der Waals surface area contributed by atoms with Gasteiger partial charge in [-0.3, -0.25) is 9.59 Å². The van der Waals surface area contributed by atoms with E-state index in [0.29, 0.717) is 17.5 Å². The Hall–Kier alpha value is -4.08. The van der Waals surface area contributed by atoms with E-state index < -0.39 is 17.6 Å². The molecule has 9 nitrogen and oxygen atoms in total. The minimum Gasteiger partial charge on any atom is -0.493 e. The van der Waals surface area contributed by atoms with Crippen LogP contribution in [-0.4, -0.2) is 40.9 Å². The third-order valence-electron chi connectivity index (χ3n) is 4.26. The summed E-state index contributed by atoms with van der Waals surface area (Å²) >= 11 is 0. The Bertz CT molecular complexity index is 1130. The van der Waals surface area contributed by atoms with Gasteiger partial charge >= 0.3 is 0 Å². The van der Waals surface area contributed by atoms with Crippen molar-refractivity contribution in [2.24, 2.45) is 0 Å². The van der Waals surface area contributed by atoms with Crippen molar-refractivity contribution in [2.75, 3.05) is 24.8 Å². The van der Waals surface area contributed by atoms with Crippen molar-refractivity contribution >= 4 is 29.1 Å². The zero-order chi connectivity index (χ0) is 22.5. The Balaban J connectivity index is 1.97. The number of hydrogen-bond donors (Lipinski definition) is 3. The summed E-state index contributed by atoms with van der Waals surface area (Å²) in [7, 11) is 2.73. The standard InChI is InChI=1S/C21H21FN6O3/c1-11-8-18(26-12(2)25-11)28-17-9-16(14(10-24-17)20(29)23-3)27-21(30)13-6-5-7-15(22)19(13)31-4/h5-10H,1-4H3,(H,23,29)(H2,24,25,26,27,28,30). The van der Waals surface area contributed by atoms with Gasteiger partial charge in [0.25, 0.3) is 11.8 Å². The van der Waals surface area contributed by atoms with Gasteiger partial charge < -0.3 is 20.7 Å². The first kappa shape index (κ1) is 21.6. The number of para-hydroxylation sites is 1. The number of aromatic nitrogens is 3. The molecule has 2 heterocycles. The summed E-state index contributed by atoms with van der Waals surface area (Å²) in [4.78, 5) is 37.8. The van der Waals surface area contributed by atoms with Gasteiger partial charge in [0.05, 0.1) is 23.9 Å². The predicted octanol–water partition coefficient (Wildman–Crippen LogP) is 2.99. The van der Waals surface area contributed by atoms with Crippen LogP contribution in [0.3, 0.4) is 0 Å². The molecule has 160 valence electrons. The van der Waals surface area contributed by atoms with Crippen molar-refractivity contribution < 1.29 is 18.7 Å². The van der Waals surface area contributed by atoms with Gasteiger partial charge in [0.2, 0.25) is 0 Å². The maximum absolute atomic E-state index is 14.0. The molecule has 3 N–H and O–H groups in total. The van der Waals surface area contributed by atoms with Crippen LogP contribution in [-0.2, 0) is 0 Å². The molecular formula is C21H21FN6O3. The number of anilines is 3. The molecule has 0 bridgehead atoms. The van der Waals surface area contributed by atoms with Gasteiger partial charge in [-0.1, -0.05) is 6.07 Å². The molecule has 0 atom stereocenters. The smallest absolute Gasteiger partial charge is 0.259 e. The van der Waals surface area contributed by atoms with E-state index in [1.807, 2.05) is 6.92 Å². The number of benzene rings is 1. The Morgan fingerprint density at radius 3 is 2.48 bits per heavy atom. The van der Waals surface area contributed by atoms with Gasteiger partial charge in [-0.25, -0.2) is 19.3 Å². The normalized spacial score (nSPS) is 10.4. The molecule has 0 aliphatic heterocycles. The Kier molecular flexibility index (Phi) is 6.39. The molecule has 3 rings (SSSR count). The fourth-order valence-corrected chi connectivity index (χ4v) is 2.94. The lowest BCUT2D eigenvalue weighted by molar-refractivity contribution is 0.0963. The SMILES string of the molecule is CNC(=O)c1cnc(Nc2cc(C)nc(C)n2)cc1NC(=O)c1cccc(F)c1OC.